The zero-order valence-electron chi connectivity index (χ0n) is 13.3. The molecular weight excluding hydrogens is 316 g/mol. The van der Waals surface area contributed by atoms with Gasteiger partial charge in [0.1, 0.15) is 6.10 Å². The minimum atomic E-state index is -0.123. The van der Waals surface area contributed by atoms with Gasteiger partial charge in [-0.1, -0.05) is 103 Å². The van der Waals surface area contributed by atoms with Crippen LogP contribution in [0.4, 0.5) is 0 Å². The summed E-state index contributed by atoms with van der Waals surface area (Å²) in [5, 5.41) is 0.733. The van der Waals surface area contributed by atoms with Gasteiger partial charge in [-0.05, 0) is 22.8 Å². The number of hydrogen-bond acceptors (Lipinski definition) is 1. The Morgan fingerprint density at radius 3 is 2.12 bits per heavy atom. The second kappa shape index (κ2) is 8.49. The summed E-state index contributed by atoms with van der Waals surface area (Å²) in [5.41, 5.74) is 3.27. The quantitative estimate of drug-likeness (QED) is 0.513. The first-order chi connectivity index (χ1) is 11.8. The summed E-state index contributed by atoms with van der Waals surface area (Å²) < 4.78 is 6.15. The Morgan fingerprint density at radius 1 is 0.792 bits per heavy atom. The molecule has 24 heavy (non-hydrogen) atoms. The number of hydrogen-bond donors (Lipinski definition) is 0. The second-order valence-electron chi connectivity index (χ2n) is 5.50. The molecule has 3 aromatic rings. The fraction of sp³-hybridized carbons (Fsp3) is 0.0909. The molecule has 0 aliphatic heterocycles. The lowest BCUT2D eigenvalue weighted by molar-refractivity contribution is 0.0724. The third-order valence-electron chi connectivity index (χ3n) is 3.77. The van der Waals surface area contributed by atoms with E-state index >= 15 is 0 Å². The summed E-state index contributed by atoms with van der Waals surface area (Å²) in [6, 6.07) is 28.2. The molecule has 2 heteroatoms. The van der Waals surface area contributed by atoms with Gasteiger partial charge < -0.3 is 4.74 Å². The van der Waals surface area contributed by atoms with Crippen LogP contribution in [0, 0.1) is 0 Å². The maximum absolute atomic E-state index is 6.23. The molecule has 0 N–H and O–H groups in total. The Bertz CT molecular complexity index is 781. The highest BCUT2D eigenvalue weighted by Gasteiger charge is 2.09. The maximum atomic E-state index is 6.23. The second-order valence-corrected chi connectivity index (χ2v) is 5.91. The van der Waals surface area contributed by atoms with E-state index < -0.39 is 0 Å². The van der Waals surface area contributed by atoms with E-state index in [1.165, 1.54) is 0 Å². The van der Waals surface area contributed by atoms with E-state index in [9.17, 15) is 0 Å². The Labute approximate surface area is 148 Å². The van der Waals surface area contributed by atoms with E-state index in [0.717, 1.165) is 21.7 Å². The number of benzene rings is 3. The van der Waals surface area contributed by atoms with Crippen molar-refractivity contribution in [2.75, 3.05) is 0 Å². The van der Waals surface area contributed by atoms with Crippen molar-refractivity contribution in [3.8, 4) is 0 Å². The van der Waals surface area contributed by atoms with Crippen LogP contribution in [0.3, 0.4) is 0 Å². The van der Waals surface area contributed by atoms with Gasteiger partial charge in [0.25, 0.3) is 0 Å². The standard InChI is InChI=1S/C22H19ClO/c23-21-14-8-7-13-20(21)17-24-22(19-11-5-2-6-12-19)16-15-18-9-3-1-4-10-18/h1-16,22H,17H2/b16-15+/t22-/m1/s1. The van der Waals surface area contributed by atoms with E-state index in [1.807, 2.05) is 60.7 Å². The fourth-order valence-corrected chi connectivity index (χ4v) is 2.65. The first-order valence-electron chi connectivity index (χ1n) is 7.96. The number of rotatable bonds is 6. The van der Waals surface area contributed by atoms with Crippen LogP contribution < -0.4 is 0 Å². The molecule has 0 aromatic heterocycles. The molecule has 1 nitrogen and oxygen atoms in total. The van der Waals surface area contributed by atoms with Crippen molar-refractivity contribution in [1.82, 2.24) is 0 Å². The summed E-state index contributed by atoms with van der Waals surface area (Å²) in [6.45, 7) is 0.471. The van der Waals surface area contributed by atoms with Gasteiger partial charge in [0.05, 0.1) is 6.61 Å². The van der Waals surface area contributed by atoms with E-state index in [-0.39, 0.29) is 6.10 Å². The maximum Gasteiger partial charge on any atom is 0.101 e. The van der Waals surface area contributed by atoms with Crippen LogP contribution >= 0.6 is 11.6 Å². The smallest absolute Gasteiger partial charge is 0.101 e. The highest BCUT2D eigenvalue weighted by molar-refractivity contribution is 6.31. The predicted octanol–water partition coefficient (Wildman–Crippen LogP) is 6.31. The molecule has 3 rings (SSSR count). The van der Waals surface area contributed by atoms with Gasteiger partial charge in [0.15, 0.2) is 0 Å². The lowest BCUT2D eigenvalue weighted by atomic mass is 10.1. The molecular formula is C22H19ClO. The highest BCUT2D eigenvalue weighted by atomic mass is 35.5. The molecule has 0 heterocycles. The summed E-state index contributed by atoms with van der Waals surface area (Å²) in [4.78, 5) is 0. The fourth-order valence-electron chi connectivity index (χ4n) is 2.46. The summed E-state index contributed by atoms with van der Waals surface area (Å²) in [7, 11) is 0. The normalized spacial score (nSPS) is 12.4. The topological polar surface area (TPSA) is 9.23 Å². The van der Waals surface area contributed by atoms with Crippen molar-refractivity contribution in [1.29, 1.82) is 0 Å². The van der Waals surface area contributed by atoms with Crippen molar-refractivity contribution < 1.29 is 4.74 Å². The van der Waals surface area contributed by atoms with Crippen LogP contribution in [0.1, 0.15) is 22.8 Å². The molecule has 0 saturated heterocycles. The summed E-state index contributed by atoms with van der Waals surface area (Å²) in [5.74, 6) is 0. The summed E-state index contributed by atoms with van der Waals surface area (Å²) in [6.07, 6.45) is 4.05. The predicted molar refractivity (Wildman–Crippen MR) is 101 cm³/mol. The molecule has 0 fully saturated rings. The van der Waals surface area contributed by atoms with Gasteiger partial charge >= 0.3 is 0 Å². The van der Waals surface area contributed by atoms with Gasteiger partial charge in [-0.15, -0.1) is 0 Å². The molecule has 0 aliphatic carbocycles. The van der Waals surface area contributed by atoms with Gasteiger partial charge in [-0.25, -0.2) is 0 Å². The van der Waals surface area contributed by atoms with Crippen LogP contribution in [-0.4, -0.2) is 0 Å². The highest BCUT2D eigenvalue weighted by Crippen LogP contribution is 2.24. The third-order valence-corrected chi connectivity index (χ3v) is 4.14. The lowest BCUT2D eigenvalue weighted by Gasteiger charge is -2.15. The molecule has 1 atom stereocenters. The van der Waals surface area contributed by atoms with Gasteiger partial charge in [-0.2, -0.15) is 0 Å². The van der Waals surface area contributed by atoms with Gasteiger partial charge in [0, 0.05) is 5.02 Å². The lowest BCUT2D eigenvalue weighted by Crippen LogP contribution is -2.02. The van der Waals surface area contributed by atoms with E-state index in [1.54, 1.807) is 0 Å². The average molecular weight is 335 g/mol. The molecule has 0 spiro atoms. The zero-order valence-corrected chi connectivity index (χ0v) is 14.1. The van der Waals surface area contributed by atoms with E-state index in [0.29, 0.717) is 6.61 Å². The van der Waals surface area contributed by atoms with Crippen LogP contribution in [0.2, 0.25) is 5.02 Å². The minimum Gasteiger partial charge on any atom is -0.365 e. The Hall–Kier alpha value is -2.35. The molecule has 0 saturated carbocycles. The SMILES string of the molecule is Clc1ccccc1CO[C@H](/C=C/c1ccccc1)c1ccccc1. The first-order valence-corrected chi connectivity index (χ1v) is 8.34. The molecule has 0 aliphatic rings. The van der Waals surface area contributed by atoms with Crippen molar-refractivity contribution in [3.05, 3.63) is 113 Å². The van der Waals surface area contributed by atoms with E-state index in [2.05, 4.69) is 36.4 Å². The van der Waals surface area contributed by atoms with Crippen molar-refractivity contribution in [2.45, 2.75) is 12.7 Å². The monoisotopic (exact) mass is 334 g/mol. The molecule has 0 amide bonds. The van der Waals surface area contributed by atoms with E-state index in [4.69, 9.17) is 16.3 Å². The van der Waals surface area contributed by atoms with Crippen LogP contribution in [-0.2, 0) is 11.3 Å². The number of ether oxygens (including phenoxy) is 1. The third kappa shape index (κ3) is 4.58. The van der Waals surface area contributed by atoms with Crippen molar-refractivity contribution in [3.63, 3.8) is 0 Å². The van der Waals surface area contributed by atoms with Gasteiger partial charge in [0.2, 0.25) is 0 Å². The molecule has 120 valence electrons. The molecule has 0 bridgehead atoms. The number of halogens is 1. The molecule has 3 aromatic carbocycles. The average Bonchev–Trinajstić information content (AvgIpc) is 2.65. The Morgan fingerprint density at radius 2 is 1.42 bits per heavy atom. The van der Waals surface area contributed by atoms with Crippen LogP contribution in [0.15, 0.2) is 91.0 Å². The van der Waals surface area contributed by atoms with Crippen molar-refractivity contribution >= 4 is 17.7 Å². The Kier molecular flexibility index (Phi) is 5.84. The van der Waals surface area contributed by atoms with Crippen LogP contribution in [0.25, 0.3) is 6.08 Å². The largest absolute Gasteiger partial charge is 0.365 e. The molecule has 0 unspecified atom stereocenters. The van der Waals surface area contributed by atoms with Crippen molar-refractivity contribution in [2.24, 2.45) is 0 Å². The Balaban J connectivity index is 1.78. The zero-order chi connectivity index (χ0) is 16.6. The van der Waals surface area contributed by atoms with Crippen LogP contribution in [0.5, 0.6) is 0 Å². The molecule has 0 radical (unpaired) electrons. The van der Waals surface area contributed by atoms with Gasteiger partial charge in [-0.3, -0.25) is 0 Å². The minimum absolute atomic E-state index is 0.123. The summed E-state index contributed by atoms with van der Waals surface area (Å²) >= 11 is 6.23. The first kappa shape index (κ1) is 16.5.